The van der Waals surface area contributed by atoms with E-state index in [0.29, 0.717) is 30.1 Å². The van der Waals surface area contributed by atoms with Gasteiger partial charge in [0.1, 0.15) is 5.82 Å². The van der Waals surface area contributed by atoms with Crippen molar-refractivity contribution in [1.29, 1.82) is 0 Å². The molecule has 2 unspecified atom stereocenters. The fourth-order valence-electron chi connectivity index (χ4n) is 2.75. The Kier molecular flexibility index (Phi) is 5.96. The van der Waals surface area contributed by atoms with Crippen LogP contribution in [0.25, 0.3) is 0 Å². The van der Waals surface area contributed by atoms with Crippen LogP contribution in [0.1, 0.15) is 35.7 Å². The van der Waals surface area contributed by atoms with Crippen LogP contribution in [-0.4, -0.2) is 29.9 Å². The molecular formula is C15H22ClFN2O. The molecule has 5 heteroatoms. The van der Waals surface area contributed by atoms with E-state index in [1.165, 1.54) is 6.07 Å². The summed E-state index contributed by atoms with van der Waals surface area (Å²) in [5, 5.41) is 0. The topological polar surface area (TPSA) is 46.3 Å². The molecule has 1 aromatic rings. The molecule has 20 heavy (non-hydrogen) atoms. The summed E-state index contributed by atoms with van der Waals surface area (Å²) >= 11 is 0. The van der Waals surface area contributed by atoms with Crippen molar-refractivity contribution in [2.45, 2.75) is 32.7 Å². The standard InChI is InChI=1S/C15H21FN2O.ClH/c1-10-5-6-12(8-13(10)16)15(19)18-7-3-4-11(2)14(18)9-17;/h5-6,8,11,14H,3-4,7,9,17H2,1-2H3;1H. The molecule has 0 aromatic heterocycles. The van der Waals surface area contributed by atoms with Crippen molar-refractivity contribution in [2.75, 3.05) is 13.1 Å². The van der Waals surface area contributed by atoms with E-state index in [9.17, 15) is 9.18 Å². The lowest BCUT2D eigenvalue weighted by Gasteiger charge is -2.39. The Morgan fingerprint density at radius 1 is 1.50 bits per heavy atom. The third-order valence-corrected chi connectivity index (χ3v) is 4.04. The van der Waals surface area contributed by atoms with Crippen molar-refractivity contribution in [1.82, 2.24) is 4.90 Å². The van der Waals surface area contributed by atoms with Gasteiger partial charge in [0, 0.05) is 24.7 Å². The maximum Gasteiger partial charge on any atom is 0.254 e. The smallest absolute Gasteiger partial charge is 0.254 e. The molecule has 2 N–H and O–H groups in total. The second kappa shape index (κ2) is 7.04. The van der Waals surface area contributed by atoms with Gasteiger partial charge < -0.3 is 10.6 Å². The predicted octanol–water partition coefficient (Wildman–Crippen LogP) is 2.76. The lowest BCUT2D eigenvalue weighted by atomic mass is 9.90. The number of carbonyl (C=O) groups is 1. The Labute approximate surface area is 125 Å². The molecule has 0 radical (unpaired) electrons. The number of likely N-dealkylation sites (tertiary alicyclic amines) is 1. The number of aryl methyl sites for hydroxylation is 1. The van der Waals surface area contributed by atoms with Gasteiger partial charge in [0.2, 0.25) is 0 Å². The Morgan fingerprint density at radius 3 is 2.80 bits per heavy atom. The van der Waals surface area contributed by atoms with Crippen molar-refractivity contribution in [2.24, 2.45) is 11.7 Å². The van der Waals surface area contributed by atoms with Crippen LogP contribution in [0.2, 0.25) is 0 Å². The molecule has 1 aliphatic rings. The van der Waals surface area contributed by atoms with Gasteiger partial charge in [-0.3, -0.25) is 4.79 Å². The van der Waals surface area contributed by atoms with Gasteiger partial charge in [-0.15, -0.1) is 12.4 Å². The summed E-state index contributed by atoms with van der Waals surface area (Å²) in [5.41, 5.74) is 6.75. The SMILES string of the molecule is Cc1ccc(C(=O)N2CCCC(C)C2CN)cc1F.Cl. The monoisotopic (exact) mass is 300 g/mol. The van der Waals surface area contributed by atoms with Gasteiger partial charge in [-0.2, -0.15) is 0 Å². The number of benzene rings is 1. The molecule has 0 spiro atoms. The summed E-state index contributed by atoms with van der Waals surface area (Å²) < 4.78 is 13.6. The number of hydrogen-bond donors (Lipinski definition) is 1. The van der Waals surface area contributed by atoms with Gasteiger partial charge in [0.05, 0.1) is 0 Å². The van der Waals surface area contributed by atoms with Gasteiger partial charge in [-0.1, -0.05) is 13.0 Å². The third-order valence-electron chi connectivity index (χ3n) is 4.04. The fraction of sp³-hybridized carbons (Fsp3) is 0.533. The predicted molar refractivity (Wildman–Crippen MR) is 80.7 cm³/mol. The number of carbonyl (C=O) groups excluding carboxylic acids is 1. The van der Waals surface area contributed by atoms with Crippen LogP contribution in [0, 0.1) is 18.7 Å². The highest BCUT2D eigenvalue weighted by molar-refractivity contribution is 5.94. The summed E-state index contributed by atoms with van der Waals surface area (Å²) in [6.45, 7) is 4.98. The molecule has 1 amide bonds. The molecule has 112 valence electrons. The third kappa shape index (κ3) is 3.30. The van der Waals surface area contributed by atoms with E-state index < -0.39 is 0 Å². The molecule has 3 nitrogen and oxygen atoms in total. The first-order valence-electron chi connectivity index (χ1n) is 6.81. The van der Waals surface area contributed by atoms with Crippen molar-refractivity contribution in [3.05, 3.63) is 35.1 Å². The largest absolute Gasteiger partial charge is 0.334 e. The second-order valence-corrected chi connectivity index (χ2v) is 5.39. The highest BCUT2D eigenvalue weighted by atomic mass is 35.5. The fourth-order valence-corrected chi connectivity index (χ4v) is 2.75. The summed E-state index contributed by atoms with van der Waals surface area (Å²) in [4.78, 5) is 14.3. The van der Waals surface area contributed by atoms with E-state index in [0.717, 1.165) is 12.8 Å². The number of nitrogens with zero attached hydrogens (tertiary/aromatic N) is 1. The van der Waals surface area contributed by atoms with E-state index in [2.05, 4.69) is 6.92 Å². The Bertz CT molecular complexity index is 481. The van der Waals surface area contributed by atoms with Crippen LogP contribution in [0.15, 0.2) is 18.2 Å². The van der Waals surface area contributed by atoms with Gasteiger partial charge in [-0.05, 0) is 43.4 Å². The van der Waals surface area contributed by atoms with E-state index in [1.54, 1.807) is 24.0 Å². The number of rotatable bonds is 2. The minimum atomic E-state index is -0.333. The average molecular weight is 301 g/mol. The minimum Gasteiger partial charge on any atom is -0.334 e. The van der Waals surface area contributed by atoms with E-state index in [4.69, 9.17) is 5.73 Å². The second-order valence-electron chi connectivity index (χ2n) is 5.39. The van der Waals surface area contributed by atoms with Crippen molar-refractivity contribution in [3.63, 3.8) is 0 Å². The lowest BCUT2D eigenvalue weighted by molar-refractivity contribution is 0.0532. The molecule has 1 fully saturated rings. The molecule has 2 rings (SSSR count). The first-order chi connectivity index (χ1) is 9.04. The van der Waals surface area contributed by atoms with Crippen LogP contribution in [0.4, 0.5) is 4.39 Å². The lowest BCUT2D eigenvalue weighted by Crippen LogP contribution is -2.51. The van der Waals surface area contributed by atoms with Crippen LogP contribution in [0.3, 0.4) is 0 Å². The van der Waals surface area contributed by atoms with E-state index in [1.807, 2.05) is 0 Å². The van der Waals surface area contributed by atoms with Crippen LogP contribution >= 0.6 is 12.4 Å². The molecule has 1 saturated heterocycles. The molecule has 2 atom stereocenters. The molecule has 1 aromatic carbocycles. The number of nitrogens with two attached hydrogens (primary N) is 1. The van der Waals surface area contributed by atoms with Crippen LogP contribution in [0.5, 0.6) is 0 Å². The average Bonchev–Trinajstić information content (AvgIpc) is 2.40. The van der Waals surface area contributed by atoms with Crippen molar-refractivity contribution < 1.29 is 9.18 Å². The molecule has 1 aliphatic heterocycles. The molecular weight excluding hydrogens is 279 g/mol. The van der Waals surface area contributed by atoms with Crippen LogP contribution < -0.4 is 5.73 Å². The highest BCUT2D eigenvalue weighted by Crippen LogP contribution is 2.24. The maximum atomic E-state index is 13.6. The highest BCUT2D eigenvalue weighted by Gasteiger charge is 2.31. The van der Waals surface area contributed by atoms with Gasteiger partial charge in [0.15, 0.2) is 0 Å². The normalized spacial score (nSPS) is 22.3. The number of piperidine rings is 1. The zero-order chi connectivity index (χ0) is 14.0. The Hall–Kier alpha value is -1.13. The summed E-state index contributed by atoms with van der Waals surface area (Å²) in [5.74, 6) is -0.0425. The first-order valence-corrected chi connectivity index (χ1v) is 6.81. The minimum absolute atomic E-state index is 0. The van der Waals surface area contributed by atoms with Gasteiger partial charge in [0.25, 0.3) is 5.91 Å². The summed E-state index contributed by atoms with van der Waals surface area (Å²) in [6.07, 6.45) is 2.08. The molecule has 1 heterocycles. The quantitative estimate of drug-likeness (QED) is 0.913. The van der Waals surface area contributed by atoms with Crippen molar-refractivity contribution in [3.8, 4) is 0 Å². The molecule has 0 saturated carbocycles. The zero-order valence-electron chi connectivity index (χ0n) is 11.9. The Morgan fingerprint density at radius 2 is 2.20 bits per heavy atom. The van der Waals surface area contributed by atoms with Crippen LogP contribution in [-0.2, 0) is 0 Å². The summed E-state index contributed by atoms with van der Waals surface area (Å²) in [7, 11) is 0. The zero-order valence-corrected chi connectivity index (χ0v) is 12.8. The van der Waals surface area contributed by atoms with E-state index in [-0.39, 0.29) is 30.2 Å². The van der Waals surface area contributed by atoms with Crippen molar-refractivity contribution >= 4 is 18.3 Å². The van der Waals surface area contributed by atoms with Gasteiger partial charge in [-0.25, -0.2) is 4.39 Å². The number of halogens is 2. The molecule has 0 aliphatic carbocycles. The summed E-state index contributed by atoms with van der Waals surface area (Å²) in [6, 6.07) is 4.72. The van der Waals surface area contributed by atoms with E-state index >= 15 is 0 Å². The number of amides is 1. The Balaban J connectivity index is 0.00000200. The molecule has 0 bridgehead atoms. The maximum absolute atomic E-state index is 13.6. The first kappa shape index (κ1) is 16.9. The number of hydrogen-bond acceptors (Lipinski definition) is 2. The van der Waals surface area contributed by atoms with Gasteiger partial charge >= 0.3 is 0 Å².